The second-order valence-corrected chi connectivity index (χ2v) is 6.05. The summed E-state index contributed by atoms with van der Waals surface area (Å²) < 4.78 is 0. The Hall–Kier alpha value is -0.380. The zero-order valence-electron chi connectivity index (χ0n) is 11.0. The van der Waals surface area contributed by atoms with E-state index in [9.17, 15) is 0 Å². The summed E-state index contributed by atoms with van der Waals surface area (Å²) in [5.41, 5.74) is 0. The van der Waals surface area contributed by atoms with Crippen LogP contribution in [-0.4, -0.2) is 30.6 Å². The summed E-state index contributed by atoms with van der Waals surface area (Å²) in [4.78, 5) is 4.01. The van der Waals surface area contributed by atoms with Crippen molar-refractivity contribution >= 4 is 11.3 Å². The highest BCUT2D eigenvalue weighted by Gasteiger charge is 2.22. The summed E-state index contributed by atoms with van der Waals surface area (Å²) >= 11 is 1.84. The van der Waals surface area contributed by atoms with E-state index in [0.29, 0.717) is 6.04 Å². The maximum atomic E-state index is 3.68. The van der Waals surface area contributed by atoms with Gasteiger partial charge in [0, 0.05) is 17.5 Å². The molecule has 0 aliphatic carbocycles. The largest absolute Gasteiger partial charge is 0.309 e. The molecule has 1 fully saturated rings. The van der Waals surface area contributed by atoms with Crippen LogP contribution in [0.3, 0.4) is 0 Å². The van der Waals surface area contributed by atoms with Gasteiger partial charge in [0.2, 0.25) is 0 Å². The van der Waals surface area contributed by atoms with Crippen LogP contribution in [0.5, 0.6) is 0 Å². The number of piperidine rings is 1. The Morgan fingerprint density at radius 3 is 2.82 bits per heavy atom. The van der Waals surface area contributed by atoms with E-state index in [0.717, 1.165) is 12.5 Å². The average molecular weight is 252 g/mol. The fourth-order valence-electron chi connectivity index (χ4n) is 2.61. The molecule has 1 aliphatic heterocycles. The van der Waals surface area contributed by atoms with Gasteiger partial charge in [0.05, 0.1) is 0 Å². The van der Waals surface area contributed by atoms with Gasteiger partial charge < -0.3 is 10.2 Å². The zero-order chi connectivity index (χ0) is 12.1. The summed E-state index contributed by atoms with van der Waals surface area (Å²) in [6.07, 6.45) is 2.71. The quantitative estimate of drug-likeness (QED) is 0.867. The Balaban J connectivity index is 1.71. The monoisotopic (exact) mass is 252 g/mol. The van der Waals surface area contributed by atoms with Gasteiger partial charge in [0.25, 0.3) is 0 Å². The molecule has 2 rings (SSSR count). The Labute approximate surface area is 109 Å². The van der Waals surface area contributed by atoms with Gasteiger partial charge in [0.15, 0.2) is 0 Å². The van der Waals surface area contributed by atoms with Crippen LogP contribution < -0.4 is 5.32 Å². The average Bonchev–Trinajstić information content (AvgIpc) is 2.89. The molecule has 17 heavy (non-hydrogen) atoms. The summed E-state index contributed by atoms with van der Waals surface area (Å²) in [5, 5.41) is 5.83. The van der Waals surface area contributed by atoms with Gasteiger partial charge in [-0.15, -0.1) is 11.3 Å². The summed E-state index contributed by atoms with van der Waals surface area (Å²) in [7, 11) is 0. The predicted molar refractivity (Wildman–Crippen MR) is 75.5 cm³/mol. The third kappa shape index (κ3) is 3.80. The minimum Gasteiger partial charge on any atom is -0.309 e. The number of thiophene rings is 1. The van der Waals surface area contributed by atoms with Crippen molar-refractivity contribution in [2.45, 2.75) is 39.3 Å². The van der Waals surface area contributed by atoms with Crippen molar-refractivity contribution in [2.24, 2.45) is 5.92 Å². The van der Waals surface area contributed by atoms with Crippen LogP contribution in [0.25, 0.3) is 0 Å². The lowest BCUT2D eigenvalue weighted by molar-refractivity contribution is 0.168. The number of hydrogen-bond donors (Lipinski definition) is 1. The van der Waals surface area contributed by atoms with Crippen LogP contribution in [0.1, 0.15) is 31.6 Å². The van der Waals surface area contributed by atoms with E-state index in [-0.39, 0.29) is 0 Å². The molecule has 0 saturated carbocycles. The number of nitrogens with zero attached hydrogens (tertiary/aromatic N) is 1. The summed E-state index contributed by atoms with van der Waals surface area (Å²) in [6.45, 7) is 9.42. The predicted octanol–water partition coefficient (Wildman–Crippen LogP) is 2.96. The lowest BCUT2D eigenvalue weighted by atomic mass is 9.90. The van der Waals surface area contributed by atoms with Crippen LogP contribution in [0.4, 0.5) is 0 Å². The third-order valence-electron chi connectivity index (χ3n) is 3.96. The molecule has 1 saturated heterocycles. The summed E-state index contributed by atoms with van der Waals surface area (Å²) in [5.74, 6) is 0.859. The van der Waals surface area contributed by atoms with E-state index in [1.54, 1.807) is 0 Å². The van der Waals surface area contributed by atoms with Crippen LogP contribution in [-0.2, 0) is 6.54 Å². The second kappa shape index (κ2) is 6.53. The fraction of sp³-hybridized carbons (Fsp3) is 0.714. The maximum Gasteiger partial charge on any atom is 0.0302 e. The molecular formula is C14H24N2S. The van der Waals surface area contributed by atoms with Crippen LogP contribution >= 0.6 is 11.3 Å². The lowest BCUT2D eigenvalue weighted by Crippen LogP contribution is -2.41. The molecular weight excluding hydrogens is 228 g/mol. The molecule has 1 unspecified atom stereocenters. The highest BCUT2D eigenvalue weighted by atomic mass is 32.1. The standard InChI is InChI=1S/C14H24N2S/c1-3-16-8-6-13(7-9-16)12(2)15-11-14-5-4-10-17-14/h4-5,10,12-13,15H,3,6-9,11H2,1-2H3. The second-order valence-electron chi connectivity index (χ2n) is 5.02. The lowest BCUT2D eigenvalue weighted by Gasteiger charge is -2.34. The van der Waals surface area contributed by atoms with Gasteiger partial charge in [-0.2, -0.15) is 0 Å². The molecule has 2 heterocycles. The fourth-order valence-corrected chi connectivity index (χ4v) is 3.27. The Bertz CT molecular complexity index is 302. The third-order valence-corrected chi connectivity index (χ3v) is 4.84. The minimum absolute atomic E-state index is 0.649. The van der Waals surface area contributed by atoms with Crippen molar-refractivity contribution in [3.8, 4) is 0 Å². The molecule has 1 aromatic rings. The smallest absolute Gasteiger partial charge is 0.0302 e. The maximum absolute atomic E-state index is 3.68. The highest BCUT2D eigenvalue weighted by Crippen LogP contribution is 2.21. The van der Waals surface area contributed by atoms with E-state index >= 15 is 0 Å². The SMILES string of the molecule is CCN1CCC(C(C)NCc2cccs2)CC1. The molecule has 1 atom stereocenters. The number of rotatable bonds is 5. The Kier molecular flexibility index (Phi) is 5.01. The number of nitrogens with one attached hydrogen (secondary N) is 1. The first kappa shape index (κ1) is 13.1. The topological polar surface area (TPSA) is 15.3 Å². The molecule has 1 aliphatic rings. The van der Waals surface area contributed by atoms with Crippen LogP contribution in [0, 0.1) is 5.92 Å². The normalized spacial score (nSPS) is 20.6. The first-order valence-corrected chi connectivity index (χ1v) is 7.65. The van der Waals surface area contributed by atoms with Gasteiger partial charge in [-0.25, -0.2) is 0 Å². The van der Waals surface area contributed by atoms with Crippen LogP contribution in [0.15, 0.2) is 17.5 Å². The van der Waals surface area contributed by atoms with Crippen molar-refractivity contribution < 1.29 is 0 Å². The summed E-state index contributed by atoms with van der Waals surface area (Å²) in [6, 6.07) is 4.99. The van der Waals surface area contributed by atoms with E-state index in [1.165, 1.54) is 37.4 Å². The van der Waals surface area contributed by atoms with Crippen LogP contribution in [0.2, 0.25) is 0 Å². The Morgan fingerprint density at radius 2 is 2.24 bits per heavy atom. The van der Waals surface area contributed by atoms with Gasteiger partial charge in [-0.05, 0) is 56.8 Å². The highest BCUT2D eigenvalue weighted by molar-refractivity contribution is 7.09. The van der Waals surface area contributed by atoms with Gasteiger partial charge >= 0.3 is 0 Å². The van der Waals surface area contributed by atoms with Crippen molar-refractivity contribution in [1.82, 2.24) is 10.2 Å². The van der Waals surface area contributed by atoms with Crippen molar-refractivity contribution in [3.05, 3.63) is 22.4 Å². The minimum atomic E-state index is 0.649. The molecule has 96 valence electrons. The van der Waals surface area contributed by atoms with E-state index < -0.39 is 0 Å². The molecule has 1 aromatic heterocycles. The van der Waals surface area contributed by atoms with Crippen molar-refractivity contribution in [1.29, 1.82) is 0 Å². The van der Waals surface area contributed by atoms with Crippen molar-refractivity contribution in [2.75, 3.05) is 19.6 Å². The molecule has 2 nitrogen and oxygen atoms in total. The Morgan fingerprint density at radius 1 is 1.47 bits per heavy atom. The molecule has 0 aromatic carbocycles. The van der Waals surface area contributed by atoms with Gasteiger partial charge in [0.1, 0.15) is 0 Å². The number of hydrogen-bond acceptors (Lipinski definition) is 3. The van der Waals surface area contributed by atoms with E-state index in [4.69, 9.17) is 0 Å². The molecule has 0 bridgehead atoms. The van der Waals surface area contributed by atoms with E-state index in [2.05, 4.69) is 41.6 Å². The number of likely N-dealkylation sites (tertiary alicyclic amines) is 1. The molecule has 1 N–H and O–H groups in total. The molecule has 3 heteroatoms. The van der Waals surface area contributed by atoms with Gasteiger partial charge in [-0.1, -0.05) is 13.0 Å². The van der Waals surface area contributed by atoms with E-state index in [1.807, 2.05) is 11.3 Å². The zero-order valence-corrected chi connectivity index (χ0v) is 11.8. The van der Waals surface area contributed by atoms with Gasteiger partial charge in [-0.3, -0.25) is 0 Å². The molecule has 0 amide bonds. The van der Waals surface area contributed by atoms with Crippen molar-refractivity contribution in [3.63, 3.8) is 0 Å². The molecule has 0 radical (unpaired) electrons. The first-order chi connectivity index (χ1) is 8.29. The molecule has 0 spiro atoms. The first-order valence-electron chi connectivity index (χ1n) is 6.77.